The third kappa shape index (κ3) is 3.41. The smallest absolute Gasteiger partial charge is 0.247 e. The highest BCUT2D eigenvalue weighted by Crippen LogP contribution is 2.28. The normalized spacial score (nSPS) is 11.0. The number of rotatable bonds is 5. The number of nitrogens with zero attached hydrogens (tertiary/aromatic N) is 3. The lowest BCUT2D eigenvalue weighted by atomic mass is 10.1. The van der Waals surface area contributed by atoms with E-state index in [1.807, 2.05) is 48.5 Å². The lowest BCUT2D eigenvalue weighted by molar-refractivity contribution is 0.415. The minimum absolute atomic E-state index is 0.536. The van der Waals surface area contributed by atoms with Gasteiger partial charge in [0.1, 0.15) is 5.75 Å². The lowest BCUT2D eigenvalue weighted by Gasteiger charge is -2.07. The van der Waals surface area contributed by atoms with Crippen LogP contribution in [0.2, 0.25) is 0 Å². The number of hydrogen-bond donors (Lipinski definition) is 0. The summed E-state index contributed by atoms with van der Waals surface area (Å²) in [5.41, 5.74) is 3.01. The second-order valence-electron chi connectivity index (χ2n) is 5.82. The van der Waals surface area contributed by atoms with Crippen LogP contribution in [0.1, 0.15) is 11.5 Å². The molecule has 0 aliphatic heterocycles. The Morgan fingerprint density at radius 1 is 1.04 bits per heavy atom. The van der Waals surface area contributed by atoms with Crippen LogP contribution in [0, 0.1) is 6.92 Å². The number of benzene rings is 2. The molecule has 4 rings (SSSR count). The molecule has 2 aromatic carbocycles. The molecule has 2 aromatic heterocycles. The van der Waals surface area contributed by atoms with Crippen molar-refractivity contribution in [2.45, 2.75) is 17.7 Å². The maximum Gasteiger partial charge on any atom is 0.247 e. The summed E-state index contributed by atoms with van der Waals surface area (Å²) in [5.74, 6) is 2.49. The molecule has 4 aromatic rings. The van der Waals surface area contributed by atoms with Crippen molar-refractivity contribution in [2.24, 2.45) is 0 Å². The summed E-state index contributed by atoms with van der Waals surface area (Å²) in [5, 5.41) is 10.3. The van der Waals surface area contributed by atoms with Crippen molar-refractivity contribution in [1.29, 1.82) is 0 Å². The molecule has 0 amide bonds. The average Bonchev–Trinajstić information content (AvgIpc) is 3.16. The van der Waals surface area contributed by atoms with Gasteiger partial charge >= 0.3 is 0 Å². The Bertz CT molecular complexity index is 1050. The predicted molar refractivity (Wildman–Crippen MR) is 102 cm³/mol. The summed E-state index contributed by atoms with van der Waals surface area (Å²) in [6.07, 6.45) is 0. The highest BCUT2D eigenvalue weighted by molar-refractivity contribution is 7.98. The number of hydrogen-bond acceptors (Lipinski definition) is 6. The minimum Gasteiger partial charge on any atom is -0.497 e. The van der Waals surface area contributed by atoms with Gasteiger partial charge in [-0.3, -0.25) is 0 Å². The van der Waals surface area contributed by atoms with E-state index in [0.717, 1.165) is 27.2 Å². The molecule has 0 atom stereocenters. The first-order valence-corrected chi connectivity index (χ1v) is 9.17. The third-order valence-corrected chi connectivity index (χ3v) is 4.93. The molecular formula is C20H17N3O2S. The van der Waals surface area contributed by atoms with Gasteiger partial charge in [0.15, 0.2) is 0 Å². The van der Waals surface area contributed by atoms with Gasteiger partial charge in [-0.25, -0.2) is 4.98 Å². The van der Waals surface area contributed by atoms with E-state index < -0.39 is 0 Å². The zero-order valence-corrected chi connectivity index (χ0v) is 15.3. The van der Waals surface area contributed by atoms with Crippen LogP contribution < -0.4 is 4.74 Å². The number of ether oxygens (including phenoxy) is 1. The number of aryl methyl sites for hydroxylation is 1. The fourth-order valence-corrected chi connectivity index (χ4v) is 3.51. The van der Waals surface area contributed by atoms with Crippen LogP contribution in [0.25, 0.3) is 22.4 Å². The summed E-state index contributed by atoms with van der Waals surface area (Å²) in [4.78, 5) is 4.72. The molecule has 0 bridgehead atoms. The van der Waals surface area contributed by atoms with Gasteiger partial charge < -0.3 is 9.15 Å². The fraction of sp³-hybridized carbons (Fsp3) is 0.150. The van der Waals surface area contributed by atoms with E-state index in [0.29, 0.717) is 17.5 Å². The molecule has 0 fully saturated rings. The van der Waals surface area contributed by atoms with Crippen molar-refractivity contribution in [2.75, 3.05) is 7.11 Å². The van der Waals surface area contributed by atoms with E-state index in [1.54, 1.807) is 18.9 Å². The highest BCUT2D eigenvalue weighted by Gasteiger charge is 2.10. The van der Waals surface area contributed by atoms with Crippen molar-refractivity contribution in [3.05, 3.63) is 66.1 Å². The van der Waals surface area contributed by atoms with Gasteiger partial charge in [-0.2, -0.15) is 0 Å². The van der Waals surface area contributed by atoms with Crippen LogP contribution in [-0.4, -0.2) is 22.3 Å². The van der Waals surface area contributed by atoms with Crippen LogP contribution in [0.15, 0.2) is 64.0 Å². The standard InChI is InChI=1S/C20H17N3O2S/c1-13-10-19(21-17-11-15(24-2)8-9-16(13)17)26-12-18-22-23-20(25-18)14-6-4-3-5-7-14/h3-11H,12H2,1-2H3. The summed E-state index contributed by atoms with van der Waals surface area (Å²) >= 11 is 1.58. The first kappa shape index (κ1) is 16.6. The molecule has 0 unspecified atom stereocenters. The lowest BCUT2D eigenvalue weighted by Crippen LogP contribution is -1.90. The third-order valence-electron chi connectivity index (χ3n) is 4.03. The molecular weight excluding hydrogens is 346 g/mol. The Hall–Kier alpha value is -2.86. The van der Waals surface area contributed by atoms with Gasteiger partial charge in [-0.05, 0) is 42.8 Å². The van der Waals surface area contributed by atoms with Gasteiger partial charge in [-0.15, -0.1) is 10.2 Å². The van der Waals surface area contributed by atoms with Gasteiger partial charge in [0.2, 0.25) is 11.8 Å². The monoisotopic (exact) mass is 363 g/mol. The topological polar surface area (TPSA) is 61.0 Å². The maximum atomic E-state index is 5.75. The van der Waals surface area contributed by atoms with Crippen molar-refractivity contribution in [1.82, 2.24) is 15.2 Å². The first-order valence-electron chi connectivity index (χ1n) is 8.19. The molecule has 6 heteroatoms. The molecule has 0 aliphatic carbocycles. The van der Waals surface area contributed by atoms with Crippen molar-refractivity contribution >= 4 is 22.7 Å². The highest BCUT2D eigenvalue weighted by atomic mass is 32.2. The van der Waals surface area contributed by atoms with Gasteiger partial charge in [0, 0.05) is 17.0 Å². The predicted octanol–water partition coefficient (Wildman–Crippen LogP) is 4.89. The van der Waals surface area contributed by atoms with Crippen molar-refractivity contribution in [3.63, 3.8) is 0 Å². The summed E-state index contributed by atoms with van der Waals surface area (Å²) in [6, 6.07) is 17.8. The van der Waals surface area contributed by atoms with Crippen molar-refractivity contribution in [3.8, 4) is 17.2 Å². The maximum absolute atomic E-state index is 5.75. The molecule has 130 valence electrons. The Labute approximate surface area is 155 Å². The molecule has 0 saturated heterocycles. The van der Waals surface area contributed by atoms with E-state index in [4.69, 9.17) is 14.1 Å². The largest absolute Gasteiger partial charge is 0.497 e. The Morgan fingerprint density at radius 3 is 2.69 bits per heavy atom. The molecule has 0 radical (unpaired) electrons. The quantitative estimate of drug-likeness (QED) is 0.470. The number of thioether (sulfide) groups is 1. The Kier molecular flexibility index (Phi) is 4.58. The number of aromatic nitrogens is 3. The van der Waals surface area contributed by atoms with Crippen LogP contribution in [0.5, 0.6) is 5.75 Å². The number of fused-ring (bicyclic) bond motifs is 1. The van der Waals surface area contributed by atoms with Gasteiger partial charge in [-0.1, -0.05) is 30.0 Å². The van der Waals surface area contributed by atoms with Crippen LogP contribution in [0.3, 0.4) is 0 Å². The summed E-state index contributed by atoms with van der Waals surface area (Å²) in [7, 11) is 1.66. The number of pyridine rings is 1. The Balaban J connectivity index is 1.54. The molecule has 0 spiro atoms. The second-order valence-corrected chi connectivity index (χ2v) is 6.81. The molecule has 0 aliphatic rings. The van der Waals surface area contributed by atoms with E-state index in [2.05, 4.69) is 23.2 Å². The van der Waals surface area contributed by atoms with Gasteiger partial charge in [0.25, 0.3) is 0 Å². The summed E-state index contributed by atoms with van der Waals surface area (Å²) < 4.78 is 11.1. The Morgan fingerprint density at radius 2 is 1.88 bits per heavy atom. The number of methoxy groups -OCH3 is 1. The SMILES string of the molecule is COc1ccc2c(C)cc(SCc3nnc(-c4ccccc4)o3)nc2c1. The van der Waals surface area contributed by atoms with Crippen molar-refractivity contribution < 1.29 is 9.15 Å². The van der Waals surface area contributed by atoms with Crippen LogP contribution in [0.4, 0.5) is 0 Å². The zero-order chi connectivity index (χ0) is 17.9. The summed E-state index contributed by atoms with van der Waals surface area (Å²) in [6.45, 7) is 2.08. The molecule has 26 heavy (non-hydrogen) atoms. The first-order chi connectivity index (χ1) is 12.7. The minimum atomic E-state index is 0.536. The average molecular weight is 363 g/mol. The fourth-order valence-electron chi connectivity index (χ4n) is 2.70. The van der Waals surface area contributed by atoms with Gasteiger partial charge in [0.05, 0.1) is 23.4 Å². The molecule has 0 saturated carbocycles. The second kappa shape index (κ2) is 7.17. The van der Waals surface area contributed by atoms with Crippen LogP contribution in [-0.2, 0) is 5.75 Å². The van der Waals surface area contributed by atoms with E-state index in [-0.39, 0.29) is 0 Å². The van der Waals surface area contributed by atoms with Crippen LogP contribution >= 0.6 is 11.8 Å². The molecule has 2 heterocycles. The van der Waals surface area contributed by atoms with E-state index >= 15 is 0 Å². The van der Waals surface area contributed by atoms with E-state index in [1.165, 1.54) is 5.56 Å². The zero-order valence-electron chi connectivity index (χ0n) is 14.5. The molecule has 0 N–H and O–H groups in total. The molecule has 5 nitrogen and oxygen atoms in total. The van der Waals surface area contributed by atoms with E-state index in [9.17, 15) is 0 Å².